The van der Waals surface area contributed by atoms with Crippen molar-refractivity contribution in [2.24, 2.45) is 5.92 Å². The van der Waals surface area contributed by atoms with Crippen LogP contribution in [0, 0.1) is 5.92 Å². The van der Waals surface area contributed by atoms with Gasteiger partial charge in [-0.3, -0.25) is 14.3 Å². The number of nitrogens with zero attached hydrogens (tertiary/aromatic N) is 3. The van der Waals surface area contributed by atoms with Crippen LogP contribution in [0.25, 0.3) is 21.6 Å². The lowest BCUT2D eigenvalue weighted by Gasteiger charge is -2.26. The molecule has 0 bridgehead atoms. The molecule has 2 aliphatic carbocycles. The highest BCUT2D eigenvalue weighted by atomic mass is 35.5. The summed E-state index contributed by atoms with van der Waals surface area (Å²) in [6.07, 6.45) is 7.93. The molecule has 278 valence electrons. The Balaban J connectivity index is 1.20. The Hall–Kier alpha value is -3.95. The van der Waals surface area contributed by atoms with E-state index in [0.717, 1.165) is 31.4 Å². The molecule has 1 unspecified atom stereocenters. The Bertz CT molecular complexity index is 2030. The van der Waals surface area contributed by atoms with E-state index >= 15 is 0 Å². The number of nitrogens with one attached hydrogen (secondary N) is 3. The number of carbonyl (C=O) groups is 3. The molecular weight excluding hydrogens is 728 g/mol. The van der Waals surface area contributed by atoms with Crippen molar-refractivity contribution in [1.29, 1.82) is 0 Å². The average Bonchev–Trinajstić information content (AvgIpc) is 3.98. The number of halogens is 1. The SMILES string of the molecule is COc1ccc2c(O[C@@H]3C[C@H]4C(=O)NC5(C(=O)NS(=O)(=O)C6CC6)C[C@H]5/C=C\CCCCCNC(=O)N4C3)cc(-c3nc(C(C)C)cs3)nc2c1Cl. The molecule has 1 saturated heterocycles. The molecule has 3 aromatic rings. The Labute approximate surface area is 311 Å². The van der Waals surface area contributed by atoms with Crippen LogP contribution in [0.2, 0.25) is 5.02 Å². The van der Waals surface area contributed by atoms with Crippen molar-refractivity contribution in [2.75, 3.05) is 20.2 Å². The number of hydrogen-bond donors (Lipinski definition) is 3. The highest BCUT2D eigenvalue weighted by Crippen LogP contribution is 2.46. The molecular formula is C36H43ClN6O7S2. The van der Waals surface area contributed by atoms with Crippen molar-refractivity contribution >= 4 is 61.7 Å². The van der Waals surface area contributed by atoms with Crippen molar-refractivity contribution in [3.63, 3.8) is 0 Å². The lowest BCUT2D eigenvalue weighted by molar-refractivity contribution is -0.131. The van der Waals surface area contributed by atoms with Crippen LogP contribution in [0.5, 0.6) is 11.5 Å². The van der Waals surface area contributed by atoms with E-state index in [1.54, 1.807) is 18.2 Å². The van der Waals surface area contributed by atoms with E-state index in [2.05, 4.69) is 29.2 Å². The zero-order chi connectivity index (χ0) is 36.8. The number of pyridine rings is 1. The molecule has 0 spiro atoms. The van der Waals surface area contributed by atoms with Crippen molar-refractivity contribution in [3.8, 4) is 22.2 Å². The van der Waals surface area contributed by atoms with Gasteiger partial charge in [0.05, 0.1) is 30.1 Å². The van der Waals surface area contributed by atoms with Gasteiger partial charge in [-0.15, -0.1) is 11.3 Å². The van der Waals surface area contributed by atoms with Crippen LogP contribution in [0.15, 0.2) is 35.7 Å². The largest absolute Gasteiger partial charge is 0.495 e. The zero-order valence-corrected chi connectivity index (χ0v) is 31.7. The monoisotopic (exact) mass is 770 g/mol. The first-order valence-electron chi connectivity index (χ1n) is 17.8. The molecule has 52 heavy (non-hydrogen) atoms. The number of amides is 4. The van der Waals surface area contributed by atoms with Gasteiger partial charge in [-0.05, 0) is 56.6 Å². The predicted octanol–water partition coefficient (Wildman–Crippen LogP) is 5.29. The molecule has 0 radical (unpaired) electrons. The molecule has 3 N–H and O–H groups in total. The first-order valence-corrected chi connectivity index (χ1v) is 20.6. The fraction of sp³-hybridized carbons (Fsp3) is 0.528. The number of methoxy groups -OCH3 is 1. The summed E-state index contributed by atoms with van der Waals surface area (Å²) in [6.45, 7) is 4.66. The van der Waals surface area contributed by atoms with E-state index in [-0.39, 0.29) is 31.2 Å². The molecule has 3 fully saturated rings. The van der Waals surface area contributed by atoms with Crippen LogP contribution in [0.4, 0.5) is 4.79 Å². The Morgan fingerprint density at radius 1 is 1.15 bits per heavy atom. The van der Waals surface area contributed by atoms with Gasteiger partial charge in [0.2, 0.25) is 15.9 Å². The summed E-state index contributed by atoms with van der Waals surface area (Å²) >= 11 is 8.24. The standard InChI is InChI=1S/C36H43ClN6O7S2/c1-20(2)26-19-51-33(40-26)25-16-29(24-12-13-28(49-3)30(37)31(24)39-25)50-22-15-27-32(44)41-36(34(45)42-52(47,48)23-10-11-23)17-21(36)9-7-5-4-6-8-14-38-35(46)43(27)18-22/h7,9,12-13,16,19-23,27H,4-6,8,10-11,14-15,17-18H2,1-3H3,(H,38,46)(H,41,44)(H,42,45)/b9-7-/t21-,22-,27+,36?/m1/s1. The maximum Gasteiger partial charge on any atom is 0.318 e. The van der Waals surface area contributed by atoms with Crippen molar-refractivity contribution in [1.82, 2.24) is 30.2 Å². The molecule has 4 amide bonds. The summed E-state index contributed by atoms with van der Waals surface area (Å²) in [4.78, 5) is 52.5. The lowest BCUT2D eigenvalue weighted by Crippen LogP contribution is -2.57. The van der Waals surface area contributed by atoms with Gasteiger partial charge in [0.15, 0.2) is 0 Å². The number of sulfonamides is 1. The maximum atomic E-state index is 14.2. The molecule has 2 aliphatic heterocycles. The van der Waals surface area contributed by atoms with Gasteiger partial charge in [-0.2, -0.15) is 0 Å². The maximum absolute atomic E-state index is 14.2. The minimum Gasteiger partial charge on any atom is -0.495 e. The van der Waals surface area contributed by atoms with E-state index in [0.29, 0.717) is 57.5 Å². The number of hydrogen-bond acceptors (Lipinski definition) is 10. The van der Waals surface area contributed by atoms with Gasteiger partial charge in [0.25, 0.3) is 5.91 Å². The molecule has 4 aliphatic rings. The van der Waals surface area contributed by atoms with Crippen LogP contribution < -0.4 is 24.8 Å². The molecule has 4 atom stereocenters. The smallest absolute Gasteiger partial charge is 0.318 e. The quantitative estimate of drug-likeness (QED) is 0.258. The van der Waals surface area contributed by atoms with E-state index in [1.807, 2.05) is 17.5 Å². The normalized spacial score (nSPS) is 26.0. The van der Waals surface area contributed by atoms with Crippen LogP contribution in [0.1, 0.15) is 76.8 Å². The van der Waals surface area contributed by atoms with E-state index in [4.69, 9.17) is 31.0 Å². The van der Waals surface area contributed by atoms with Crippen molar-refractivity contribution in [2.45, 2.75) is 94.1 Å². The average molecular weight is 771 g/mol. The second-order valence-corrected chi connectivity index (χ2v) is 17.5. The fourth-order valence-electron chi connectivity index (χ4n) is 6.87. The predicted molar refractivity (Wildman–Crippen MR) is 198 cm³/mol. The number of carbonyl (C=O) groups excluding carboxylic acids is 3. The number of ether oxygens (including phenoxy) is 2. The Morgan fingerprint density at radius 3 is 2.69 bits per heavy atom. The second kappa shape index (κ2) is 14.5. The van der Waals surface area contributed by atoms with Crippen molar-refractivity contribution in [3.05, 3.63) is 46.4 Å². The number of thiazole rings is 1. The summed E-state index contributed by atoms with van der Waals surface area (Å²) in [5.41, 5.74) is 0.508. The lowest BCUT2D eigenvalue weighted by atomic mass is 10.1. The van der Waals surface area contributed by atoms with E-state index < -0.39 is 50.8 Å². The van der Waals surface area contributed by atoms with Gasteiger partial charge in [-0.25, -0.2) is 23.2 Å². The van der Waals surface area contributed by atoms with Crippen molar-refractivity contribution < 1.29 is 32.3 Å². The topological polar surface area (TPSA) is 169 Å². The van der Waals surface area contributed by atoms with Crippen LogP contribution in [-0.2, 0) is 19.6 Å². The molecule has 16 heteroatoms. The second-order valence-electron chi connectivity index (χ2n) is 14.3. The van der Waals surface area contributed by atoms with Crippen LogP contribution >= 0.6 is 22.9 Å². The Kier molecular flexibility index (Phi) is 10.1. The molecule has 7 rings (SSSR count). The minimum absolute atomic E-state index is 0.0836. The highest BCUT2D eigenvalue weighted by molar-refractivity contribution is 7.91. The number of aromatic nitrogens is 2. The van der Waals surface area contributed by atoms with Gasteiger partial charge in [0, 0.05) is 35.7 Å². The molecule has 1 aromatic carbocycles. The number of rotatable bonds is 8. The fourth-order valence-corrected chi connectivity index (χ4v) is 9.45. The van der Waals surface area contributed by atoms with Gasteiger partial charge >= 0.3 is 6.03 Å². The number of benzene rings is 1. The summed E-state index contributed by atoms with van der Waals surface area (Å²) in [5, 5.41) is 8.86. The van der Waals surface area contributed by atoms with E-state index in [1.165, 1.54) is 23.3 Å². The third-order valence-electron chi connectivity index (χ3n) is 10.2. The summed E-state index contributed by atoms with van der Waals surface area (Å²) in [6, 6.07) is 3.92. The van der Waals surface area contributed by atoms with Gasteiger partial charge in [-0.1, -0.05) is 44.0 Å². The molecule has 2 saturated carbocycles. The van der Waals surface area contributed by atoms with Gasteiger partial charge in [0.1, 0.15) is 44.9 Å². The third-order valence-corrected chi connectivity index (χ3v) is 13.2. The van der Waals surface area contributed by atoms with Gasteiger partial charge < -0.3 is 25.0 Å². The first-order chi connectivity index (χ1) is 24.9. The zero-order valence-electron chi connectivity index (χ0n) is 29.3. The Morgan fingerprint density at radius 2 is 1.96 bits per heavy atom. The summed E-state index contributed by atoms with van der Waals surface area (Å²) < 4.78 is 39.9. The minimum atomic E-state index is -3.85. The molecule has 2 aromatic heterocycles. The summed E-state index contributed by atoms with van der Waals surface area (Å²) in [5.74, 6) is -0.559. The number of fused-ring (bicyclic) bond motifs is 3. The number of allylic oxidation sites excluding steroid dienone is 1. The molecule has 4 heterocycles. The third kappa shape index (κ3) is 7.31. The van der Waals surface area contributed by atoms with Crippen LogP contribution in [-0.4, -0.2) is 84.3 Å². The molecule has 13 nitrogen and oxygen atoms in total. The summed E-state index contributed by atoms with van der Waals surface area (Å²) in [7, 11) is -2.32. The number of urea groups is 1. The highest BCUT2D eigenvalue weighted by Gasteiger charge is 2.62. The van der Waals surface area contributed by atoms with Crippen LogP contribution in [0.3, 0.4) is 0 Å². The van der Waals surface area contributed by atoms with E-state index in [9.17, 15) is 22.8 Å². The first kappa shape index (κ1) is 36.4.